The molecule has 4 heteroatoms. The highest BCUT2D eigenvalue weighted by atomic mass is 16.5. The highest BCUT2D eigenvalue weighted by Crippen LogP contribution is 2.17. The Morgan fingerprint density at radius 1 is 0.950 bits per heavy atom. The van der Waals surface area contributed by atoms with Crippen LogP contribution in [0, 0.1) is 0 Å². The first-order valence-electron chi connectivity index (χ1n) is 6.37. The molecular formula is C16H15N3O. The second-order valence-electron chi connectivity index (χ2n) is 4.33. The fraction of sp³-hybridized carbons (Fsp3) is 0.0625. The van der Waals surface area contributed by atoms with Gasteiger partial charge in [0, 0.05) is 18.0 Å². The first kappa shape index (κ1) is 12.3. The highest BCUT2D eigenvalue weighted by Gasteiger charge is 2.01. The quantitative estimate of drug-likeness (QED) is 0.783. The molecule has 1 aromatic heterocycles. The lowest BCUT2D eigenvalue weighted by molar-refractivity contribution is 0.414. The zero-order chi connectivity index (χ0) is 13.8. The van der Waals surface area contributed by atoms with Gasteiger partial charge in [-0.15, -0.1) is 0 Å². The van der Waals surface area contributed by atoms with Crippen molar-refractivity contribution in [3.05, 3.63) is 66.9 Å². The molecule has 0 radical (unpaired) electrons. The van der Waals surface area contributed by atoms with Crippen LogP contribution in [0.3, 0.4) is 0 Å². The smallest absolute Gasteiger partial charge is 0.152 e. The number of benzene rings is 2. The number of aromatic nitrogens is 2. The molecule has 1 heterocycles. The fourth-order valence-corrected chi connectivity index (χ4v) is 1.94. The second kappa shape index (κ2) is 5.48. The summed E-state index contributed by atoms with van der Waals surface area (Å²) in [6.45, 7) is 0. The number of nitrogens with one attached hydrogen (secondary N) is 1. The van der Waals surface area contributed by atoms with E-state index in [2.05, 4.69) is 10.4 Å². The van der Waals surface area contributed by atoms with E-state index in [1.807, 2.05) is 71.5 Å². The first-order chi connectivity index (χ1) is 9.85. The van der Waals surface area contributed by atoms with Crippen molar-refractivity contribution in [1.29, 1.82) is 0 Å². The Labute approximate surface area is 117 Å². The lowest BCUT2D eigenvalue weighted by atomic mass is 10.3. The van der Waals surface area contributed by atoms with Crippen molar-refractivity contribution in [1.82, 2.24) is 9.78 Å². The standard InChI is InChI=1S/C16H15N3O/c1-20-15-9-7-14(8-10-15)19-12-11-16(18-19)17-13-5-3-2-4-6-13/h2-12H,1H3,(H,17,18). The van der Waals surface area contributed by atoms with Crippen LogP contribution in [0.25, 0.3) is 5.69 Å². The number of rotatable bonds is 4. The normalized spacial score (nSPS) is 10.2. The number of nitrogens with zero attached hydrogens (tertiary/aromatic N) is 2. The fourth-order valence-electron chi connectivity index (χ4n) is 1.94. The maximum Gasteiger partial charge on any atom is 0.152 e. The minimum atomic E-state index is 0.812. The molecule has 0 aliphatic rings. The average molecular weight is 265 g/mol. The molecule has 0 aliphatic carbocycles. The van der Waals surface area contributed by atoms with E-state index in [9.17, 15) is 0 Å². The molecule has 0 spiro atoms. The van der Waals surface area contributed by atoms with Gasteiger partial charge in [-0.25, -0.2) is 4.68 Å². The predicted octanol–water partition coefficient (Wildman–Crippen LogP) is 3.62. The molecule has 0 aliphatic heterocycles. The molecule has 4 nitrogen and oxygen atoms in total. The third-order valence-electron chi connectivity index (χ3n) is 2.97. The molecule has 20 heavy (non-hydrogen) atoms. The number of ether oxygens (including phenoxy) is 1. The first-order valence-corrected chi connectivity index (χ1v) is 6.37. The van der Waals surface area contributed by atoms with Gasteiger partial charge in [-0.3, -0.25) is 0 Å². The molecule has 0 saturated carbocycles. The van der Waals surface area contributed by atoms with E-state index in [1.165, 1.54) is 0 Å². The van der Waals surface area contributed by atoms with Crippen molar-refractivity contribution in [2.75, 3.05) is 12.4 Å². The van der Waals surface area contributed by atoms with Crippen LogP contribution in [0.1, 0.15) is 0 Å². The number of hydrogen-bond donors (Lipinski definition) is 1. The van der Waals surface area contributed by atoms with Gasteiger partial charge in [-0.1, -0.05) is 18.2 Å². The van der Waals surface area contributed by atoms with E-state index >= 15 is 0 Å². The Bertz CT molecular complexity index is 674. The molecule has 0 amide bonds. The molecular weight excluding hydrogens is 250 g/mol. The Balaban J connectivity index is 1.79. The van der Waals surface area contributed by atoms with E-state index in [4.69, 9.17) is 4.74 Å². The van der Waals surface area contributed by atoms with Gasteiger partial charge >= 0.3 is 0 Å². The van der Waals surface area contributed by atoms with E-state index in [0.717, 1.165) is 22.9 Å². The summed E-state index contributed by atoms with van der Waals surface area (Å²) in [5.41, 5.74) is 2.01. The zero-order valence-corrected chi connectivity index (χ0v) is 11.2. The second-order valence-corrected chi connectivity index (χ2v) is 4.33. The van der Waals surface area contributed by atoms with Crippen molar-refractivity contribution < 1.29 is 4.74 Å². The Hall–Kier alpha value is -2.75. The average Bonchev–Trinajstić information content (AvgIpc) is 2.97. The molecule has 0 unspecified atom stereocenters. The van der Waals surface area contributed by atoms with Gasteiger partial charge in [0.05, 0.1) is 12.8 Å². The monoisotopic (exact) mass is 265 g/mol. The van der Waals surface area contributed by atoms with Crippen LogP contribution >= 0.6 is 0 Å². The number of methoxy groups -OCH3 is 1. The molecule has 1 N–H and O–H groups in total. The van der Waals surface area contributed by atoms with Gasteiger partial charge < -0.3 is 10.1 Å². The van der Waals surface area contributed by atoms with Crippen molar-refractivity contribution >= 4 is 11.5 Å². The number of para-hydroxylation sites is 1. The van der Waals surface area contributed by atoms with Gasteiger partial charge in [0.15, 0.2) is 5.82 Å². The van der Waals surface area contributed by atoms with Crippen molar-refractivity contribution in [2.45, 2.75) is 0 Å². The van der Waals surface area contributed by atoms with Crippen LogP contribution in [0.2, 0.25) is 0 Å². The maximum atomic E-state index is 5.15. The van der Waals surface area contributed by atoms with E-state index in [0.29, 0.717) is 0 Å². The Morgan fingerprint density at radius 3 is 2.40 bits per heavy atom. The third-order valence-corrected chi connectivity index (χ3v) is 2.97. The van der Waals surface area contributed by atoms with Gasteiger partial charge in [-0.05, 0) is 36.4 Å². The molecule has 3 rings (SSSR count). The van der Waals surface area contributed by atoms with Crippen LogP contribution in [0.4, 0.5) is 11.5 Å². The number of hydrogen-bond acceptors (Lipinski definition) is 3. The molecule has 0 atom stereocenters. The van der Waals surface area contributed by atoms with Crippen LogP contribution in [0.15, 0.2) is 66.9 Å². The molecule has 3 aromatic rings. The van der Waals surface area contributed by atoms with E-state index < -0.39 is 0 Å². The van der Waals surface area contributed by atoms with Gasteiger partial charge in [0.1, 0.15) is 5.75 Å². The zero-order valence-electron chi connectivity index (χ0n) is 11.2. The summed E-state index contributed by atoms with van der Waals surface area (Å²) >= 11 is 0. The minimum absolute atomic E-state index is 0.812. The Kier molecular flexibility index (Phi) is 3.37. The topological polar surface area (TPSA) is 39.1 Å². The largest absolute Gasteiger partial charge is 0.497 e. The van der Waals surface area contributed by atoms with Crippen LogP contribution in [-0.4, -0.2) is 16.9 Å². The minimum Gasteiger partial charge on any atom is -0.497 e. The van der Waals surface area contributed by atoms with Crippen molar-refractivity contribution in [2.24, 2.45) is 0 Å². The number of anilines is 2. The van der Waals surface area contributed by atoms with Gasteiger partial charge in [0.2, 0.25) is 0 Å². The summed E-state index contributed by atoms with van der Waals surface area (Å²) in [6.07, 6.45) is 1.92. The summed E-state index contributed by atoms with van der Waals surface area (Å²) in [5.74, 6) is 1.65. The van der Waals surface area contributed by atoms with Crippen molar-refractivity contribution in [3.8, 4) is 11.4 Å². The van der Waals surface area contributed by atoms with Gasteiger partial charge in [-0.2, -0.15) is 5.10 Å². The highest BCUT2D eigenvalue weighted by molar-refractivity contribution is 5.55. The van der Waals surface area contributed by atoms with Gasteiger partial charge in [0.25, 0.3) is 0 Å². The summed E-state index contributed by atoms with van der Waals surface area (Å²) < 4.78 is 6.97. The van der Waals surface area contributed by atoms with E-state index in [1.54, 1.807) is 7.11 Å². The molecule has 100 valence electrons. The maximum absolute atomic E-state index is 5.15. The van der Waals surface area contributed by atoms with Crippen LogP contribution in [0.5, 0.6) is 5.75 Å². The Morgan fingerprint density at radius 2 is 1.70 bits per heavy atom. The molecule has 0 bridgehead atoms. The summed E-state index contributed by atoms with van der Waals surface area (Å²) in [6, 6.07) is 19.7. The molecule has 0 saturated heterocycles. The molecule has 2 aromatic carbocycles. The predicted molar refractivity (Wildman–Crippen MR) is 79.8 cm³/mol. The lowest BCUT2D eigenvalue weighted by Gasteiger charge is -2.04. The summed E-state index contributed by atoms with van der Waals surface area (Å²) in [5, 5.41) is 7.76. The van der Waals surface area contributed by atoms with Crippen molar-refractivity contribution in [3.63, 3.8) is 0 Å². The summed E-state index contributed by atoms with van der Waals surface area (Å²) in [4.78, 5) is 0. The summed E-state index contributed by atoms with van der Waals surface area (Å²) in [7, 11) is 1.66. The third kappa shape index (κ3) is 2.64. The SMILES string of the molecule is COc1ccc(-n2ccc(Nc3ccccc3)n2)cc1. The van der Waals surface area contributed by atoms with Crippen LogP contribution in [-0.2, 0) is 0 Å². The van der Waals surface area contributed by atoms with Crippen LogP contribution < -0.4 is 10.1 Å². The molecule has 0 fully saturated rings. The van der Waals surface area contributed by atoms with E-state index in [-0.39, 0.29) is 0 Å². The lowest BCUT2D eigenvalue weighted by Crippen LogP contribution is -1.97.